The van der Waals surface area contributed by atoms with Crippen LogP contribution in [0.2, 0.25) is 0 Å². The smallest absolute Gasteiger partial charge is 0.325 e. The molecule has 0 radical (unpaired) electrons. The number of hydrogen-bond donors (Lipinski definition) is 4. The topological polar surface area (TPSA) is 158 Å². The lowest BCUT2D eigenvalue weighted by atomic mass is 10.2. The molecule has 21 heavy (non-hydrogen) atoms. The SMILES string of the molecule is COCCCC(NS(=O)(=O)c1c[nH]c(=O)[nH]c1=O)C(=O)O. The largest absolute Gasteiger partial charge is 0.480 e. The van der Waals surface area contributed by atoms with Crippen molar-refractivity contribution in [3.05, 3.63) is 27.0 Å². The fourth-order valence-electron chi connectivity index (χ4n) is 1.51. The molecule has 0 aromatic carbocycles. The van der Waals surface area contributed by atoms with Crippen LogP contribution >= 0.6 is 0 Å². The second kappa shape index (κ2) is 7.15. The zero-order valence-electron chi connectivity index (χ0n) is 11.1. The molecule has 1 aromatic heterocycles. The maximum Gasteiger partial charge on any atom is 0.325 e. The van der Waals surface area contributed by atoms with Gasteiger partial charge in [0.05, 0.1) is 0 Å². The van der Waals surface area contributed by atoms with Crippen molar-refractivity contribution in [2.45, 2.75) is 23.8 Å². The Bertz CT molecular complexity index is 706. The molecule has 1 rings (SSSR count). The highest BCUT2D eigenvalue weighted by atomic mass is 32.2. The van der Waals surface area contributed by atoms with E-state index >= 15 is 0 Å². The third-order valence-electron chi connectivity index (χ3n) is 2.51. The Morgan fingerprint density at radius 3 is 2.67 bits per heavy atom. The predicted octanol–water partition coefficient (Wildman–Crippen LogP) is -1.78. The summed E-state index contributed by atoms with van der Waals surface area (Å²) in [6, 6.07) is -1.41. The summed E-state index contributed by atoms with van der Waals surface area (Å²) in [5, 5.41) is 8.98. The Morgan fingerprint density at radius 2 is 2.14 bits per heavy atom. The number of rotatable bonds is 8. The lowest BCUT2D eigenvalue weighted by Gasteiger charge is -2.14. The van der Waals surface area contributed by atoms with Crippen molar-refractivity contribution in [3.8, 4) is 0 Å². The minimum Gasteiger partial charge on any atom is -0.480 e. The number of carboxylic acid groups (broad SMARTS) is 1. The van der Waals surface area contributed by atoms with Crippen LogP contribution in [-0.4, -0.2) is 49.2 Å². The van der Waals surface area contributed by atoms with E-state index in [0.29, 0.717) is 12.6 Å². The average molecular weight is 321 g/mol. The Labute approximate surface area is 119 Å². The van der Waals surface area contributed by atoms with Gasteiger partial charge in [-0.3, -0.25) is 14.6 Å². The maximum atomic E-state index is 12.0. The van der Waals surface area contributed by atoms with Crippen LogP contribution in [0.25, 0.3) is 0 Å². The molecule has 118 valence electrons. The molecule has 0 aliphatic heterocycles. The number of hydrogen-bond acceptors (Lipinski definition) is 6. The van der Waals surface area contributed by atoms with Crippen LogP contribution in [0.3, 0.4) is 0 Å². The van der Waals surface area contributed by atoms with Crippen molar-refractivity contribution in [2.75, 3.05) is 13.7 Å². The van der Waals surface area contributed by atoms with Gasteiger partial charge in [-0.15, -0.1) is 0 Å². The molecule has 0 saturated heterocycles. The summed E-state index contributed by atoms with van der Waals surface area (Å²) < 4.78 is 30.6. The van der Waals surface area contributed by atoms with Gasteiger partial charge in [0.2, 0.25) is 10.0 Å². The summed E-state index contributed by atoms with van der Waals surface area (Å²) in [5.41, 5.74) is -2.00. The van der Waals surface area contributed by atoms with E-state index in [4.69, 9.17) is 9.84 Å². The molecular formula is C10H15N3O7S. The van der Waals surface area contributed by atoms with E-state index in [1.165, 1.54) is 7.11 Å². The molecule has 1 aromatic rings. The first kappa shape index (κ1) is 17.1. The second-order valence-corrected chi connectivity index (χ2v) is 5.77. The highest BCUT2D eigenvalue weighted by Crippen LogP contribution is 2.05. The number of carboxylic acids is 1. The Balaban J connectivity index is 2.98. The minimum atomic E-state index is -4.37. The molecule has 1 atom stereocenters. The molecule has 0 aliphatic rings. The summed E-state index contributed by atoms with van der Waals surface area (Å²) in [4.78, 5) is 36.3. The van der Waals surface area contributed by atoms with E-state index in [-0.39, 0.29) is 13.0 Å². The Hall–Kier alpha value is -1.98. The van der Waals surface area contributed by atoms with Crippen molar-refractivity contribution in [3.63, 3.8) is 0 Å². The first-order valence-corrected chi connectivity index (χ1v) is 7.32. The molecule has 0 aliphatic carbocycles. The Kier molecular flexibility index (Phi) is 5.81. The van der Waals surface area contributed by atoms with Crippen molar-refractivity contribution >= 4 is 16.0 Å². The fourth-order valence-corrected chi connectivity index (χ4v) is 2.74. The van der Waals surface area contributed by atoms with Gasteiger partial charge >= 0.3 is 11.7 Å². The van der Waals surface area contributed by atoms with Gasteiger partial charge in [-0.2, -0.15) is 4.72 Å². The number of H-pyrrole nitrogens is 2. The quantitative estimate of drug-likeness (QED) is 0.412. The van der Waals surface area contributed by atoms with Crippen LogP contribution in [0, 0.1) is 0 Å². The average Bonchev–Trinajstić information content (AvgIpc) is 2.36. The van der Waals surface area contributed by atoms with E-state index in [0.717, 1.165) is 0 Å². The van der Waals surface area contributed by atoms with Crippen molar-refractivity contribution in [1.29, 1.82) is 0 Å². The van der Waals surface area contributed by atoms with Gasteiger partial charge in [-0.25, -0.2) is 13.2 Å². The van der Waals surface area contributed by atoms with Gasteiger partial charge in [0.15, 0.2) is 4.90 Å². The molecule has 1 unspecified atom stereocenters. The molecule has 0 spiro atoms. The lowest BCUT2D eigenvalue weighted by molar-refractivity contribution is -0.139. The highest BCUT2D eigenvalue weighted by molar-refractivity contribution is 7.89. The molecule has 0 saturated carbocycles. The number of methoxy groups -OCH3 is 1. The summed E-state index contributed by atoms with van der Waals surface area (Å²) >= 11 is 0. The summed E-state index contributed by atoms with van der Waals surface area (Å²) in [7, 11) is -2.94. The third-order valence-corrected chi connectivity index (χ3v) is 3.99. The van der Waals surface area contributed by atoms with Gasteiger partial charge in [-0.1, -0.05) is 0 Å². The van der Waals surface area contributed by atoms with Crippen LogP contribution in [0.1, 0.15) is 12.8 Å². The minimum absolute atomic E-state index is 0.0103. The fraction of sp³-hybridized carbons (Fsp3) is 0.500. The van der Waals surface area contributed by atoms with E-state index in [9.17, 15) is 22.8 Å². The molecule has 1 heterocycles. The summed E-state index contributed by atoms with van der Waals surface area (Å²) in [6.45, 7) is 0.269. The summed E-state index contributed by atoms with van der Waals surface area (Å²) in [5.74, 6) is -1.38. The highest BCUT2D eigenvalue weighted by Gasteiger charge is 2.27. The number of ether oxygens (including phenoxy) is 1. The molecule has 10 nitrogen and oxygen atoms in total. The van der Waals surface area contributed by atoms with E-state index in [2.05, 4.69) is 0 Å². The normalized spacial score (nSPS) is 13.0. The number of carbonyl (C=O) groups is 1. The number of aliphatic carboxylic acids is 1. The number of aromatic nitrogens is 2. The third kappa shape index (κ3) is 4.81. The maximum absolute atomic E-state index is 12.0. The van der Waals surface area contributed by atoms with Crippen molar-refractivity contribution in [1.82, 2.24) is 14.7 Å². The molecule has 4 N–H and O–H groups in total. The van der Waals surface area contributed by atoms with E-state index in [1.54, 1.807) is 4.98 Å². The standard InChI is InChI=1S/C10H15N3O7S/c1-20-4-2-3-6(9(15)16)13-21(18,19)7-5-11-10(17)12-8(7)14/h5-6,13H,2-4H2,1H3,(H,15,16)(H2,11,12,14,17). The first-order chi connectivity index (χ1) is 9.77. The van der Waals surface area contributed by atoms with Crippen LogP contribution in [-0.2, 0) is 19.6 Å². The zero-order chi connectivity index (χ0) is 16.0. The van der Waals surface area contributed by atoms with Crippen molar-refractivity contribution < 1.29 is 23.1 Å². The molecule has 11 heteroatoms. The zero-order valence-corrected chi connectivity index (χ0v) is 11.9. The predicted molar refractivity (Wildman–Crippen MR) is 70.5 cm³/mol. The van der Waals surface area contributed by atoms with Gasteiger partial charge < -0.3 is 14.8 Å². The van der Waals surface area contributed by atoms with Crippen molar-refractivity contribution in [2.24, 2.45) is 0 Å². The first-order valence-electron chi connectivity index (χ1n) is 5.84. The van der Waals surface area contributed by atoms with Crippen LogP contribution in [0.5, 0.6) is 0 Å². The number of nitrogens with one attached hydrogen (secondary N) is 3. The van der Waals surface area contributed by atoms with Gasteiger partial charge in [0, 0.05) is 19.9 Å². The second-order valence-electron chi connectivity index (χ2n) is 4.08. The van der Waals surface area contributed by atoms with E-state index in [1.807, 2.05) is 9.71 Å². The van der Waals surface area contributed by atoms with Crippen LogP contribution in [0.15, 0.2) is 20.7 Å². The molecule has 0 bridgehead atoms. The lowest BCUT2D eigenvalue weighted by Crippen LogP contribution is -2.43. The van der Waals surface area contributed by atoms with Gasteiger partial charge in [0.25, 0.3) is 5.56 Å². The van der Waals surface area contributed by atoms with E-state index < -0.39 is 38.2 Å². The van der Waals surface area contributed by atoms with Gasteiger partial charge in [0.1, 0.15) is 6.04 Å². The number of sulfonamides is 1. The van der Waals surface area contributed by atoms with Crippen LogP contribution in [0.4, 0.5) is 0 Å². The monoisotopic (exact) mass is 321 g/mol. The molecule has 0 amide bonds. The van der Waals surface area contributed by atoms with Crippen LogP contribution < -0.4 is 16.0 Å². The Morgan fingerprint density at radius 1 is 1.48 bits per heavy atom. The molecule has 0 fully saturated rings. The summed E-state index contributed by atoms with van der Waals surface area (Å²) in [6.07, 6.45) is 1.01. The number of aromatic amines is 2. The molecular weight excluding hydrogens is 306 g/mol. The van der Waals surface area contributed by atoms with Gasteiger partial charge in [-0.05, 0) is 12.8 Å².